The SMILES string of the molecule is COc1ccc2nc(OC)c(F)c(Cl)c2c1. The molecule has 1 aromatic carbocycles. The third-order valence-corrected chi connectivity index (χ3v) is 2.61. The Morgan fingerprint density at radius 2 is 2.00 bits per heavy atom. The highest BCUT2D eigenvalue weighted by molar-refractivity contribution is 6.35. The van der Waals surface area contributed by atoms with Crippen molar-refractivity contribution in [1.29, 1.82) is 0 Å². The largest absolute Gasteiger partial charge is 0.497 e. The van der Waals surface area contributed by atoms with Crippen molar-refractivity contribution in [2.75, 3.05) is 14.2 Å². The minimum atomic E-state index is -0.662. The lowest BCUT2D eigenvalue weighted by Crippen LogP contribution is -1.95. The number of pyridine rings is 1. The first-order valence-corrected chi connectivity index (χ1v) is 4.92. The average molecular weight is 242 g/mol. The maximum absolute atomic E-state index is 13.6. The van der Waals surface area contributed by atoms with Gasteiger partial charge in [-0.2, -0.15) is 4.39 Å². The third kappa shape index (κ3) is 1.65. The monoisotopic (exact) mass is 241 g/mol. The van der Waals surface area contributed by atoms with Gasteiger partial charge < -0.3 is 9.47 Å². The Labute approximate surface area is 96.8 Å². The van der Waals surface area contributed by atoms with Crippen molar-refractivity contribution in [3.05, 3.63) is 29.0 Å². The van der Waals surface area contributed by atoms with Crippen LogP contribution in [0, 0.1) is 5.82 Å². The Kier molecular flexibility index (Phi) is 2.83. The summed E-state index contributed by atoms with van der Waals surface area (Å²) in [7, 11) is 2.87. The predicted octanol–water partition coefficient (Wildman–Crippen LogP) is 3.04. The molecular weight excluding hydrogens is 233 g/mol. The number of nitrogens with zero attached hydrogens (tertiary/aromatic N) is 1. The Morgan fingerprint density at radius 3 is 2.62 bits per heavy atom. The molecule has 0 bridgehead atoms. The molecule has 0 aliphatic carbocycles. The first-order valence-electron chi connectivity index (χ1n) is 4.54. The normalized spacial score (nSPS) is 10.5. The Hall–Kier alpha value is -1.55. The molecule has 0 N–H and O–H groups in total. The van der Waals surface area contributed by atoms with Gasteiger partial charge >= 0.3 is 0 Å². The number of halogens is 2. The second kappa shape index (κ2) is 4.14. The quantitative estimate of drug-likeness (QED) is 0.810. The smallest absolute Gasteiger partial charge is 0.252 e. The number of ether oxygens (including phenoxy) is 2. The number of methoxy groups -OCH3 is 2. The Balaban J connectivity index is 2.77. The number of benzene rings is 1. The van der Waals surface area contributed by atoms with Crippen LogP contribution in [0.15, 0.2) is 18.2 Å². The fraction of sp³-hybridized carbons (Fsp3) is 0.182. The number of hydrogen-bond donors (Lipinski definition) is 0. The van der Waals surface area contributed by atoms with Crippen LogP contribution in [0.3, 0.4) is 0 Å². The van der Waals surface area contributed by atoms with Crippen molar-refractivity contribution in [3.8, 4) is 11.6 Å². The van der Waals surface area contributed by atoms with Crippen molar-refractivity contribution >= 4 is 22.5 Å². The zero-order valence-corrected chi connectivity index (χ0v) is 9.51. The van der Waals surface area contributed by atoms with Crippen LogP contribution in [0.5, 0.6) is 11.6 Å². The number of aromatic nitrogens is 1. The molecule has 84 valence electrons. The van der Waals surface area contributed by atoms with Crippen LogP contribution < -0.4 is 9.47 Å². The summed E-state index contributed by atoms with van der Waals surface area (Å²) in [5, 5.41) is 0.486. The molecule has 16 heavy (non-hydrogen) atoms. The van der Waals surface area contributed by atoms with Crippen molar-refractivity contribution in [2.45, 2.75) is 0 Å². The molecule has 0 radical (unpaired) electrons. The summed E-state index contributed by atoms with van der Waals surface area (Å²) >= 11 is 5.89. The Bertz CT molecular complexity index is 545. The molecule has 1 aromatic heterocycles. The van der Waals surface area contributed by atoms with E-state index in [1.54, 1.807) is 18.2 Å². The molecule has 1 heterocycles. The van der Waals surface area contributed by atoms with Crippen LogP contribution in [-0.2, 0) is 0 Å². The first kappa shape index (κ1) is 11.0. The van der Waals surface area contributed by atoms with E-state index in [0.717, 1.165) is 0 Å². The van der Waals surface area contributed by atoms with Gasteiger partial charge in [0.2, 0.25) is 5.82 Å². The molecule has 0 aliphatic rings. The fourth-order valence-electron chi connectivity index (χ4n) is 1.42. The number of fused-ring (bicyclic) bond motifs is 1. The van der Waals surface area contributed by atoms with Crippen LogP contribution in [0.4, 0.5) is 4.39 Å². The molecule has 5 heteroatoms. The summed E-state index contributed by atoms with van der Waals surface area (Å²) < 4.78 is 23.4. The van der Waals surface area contributed by atoms with Crippen LogP contribution in [0.1, 0.15) is 0 Å². The molecule has 0 aliphatic heterocycles. The number of rotatable bonds is 2. The first-order chi connectivity index (χ1) is 7.67. The van der Waals surface area contributed by atoms with E-state index in [-0.39, 0.29) is 10.9 Å². The molecule has 0 saturated heterocycles. The maximum atomic E-state index is 13.6. The lowest BCUT2D eigenvalue weighted by atomic mass is 10.2. The highest BCUT2D eigenvalue weighted by atomic mass is 35.5. The summed E-state index contributed by atoms with van der Waals surface area (Å²) in [6.45, 7) is 0. The van der Waals surface area contributed by atoms with Gasteiger partial charge in [0.25, 0.3) is 5.88 Å². The molecule has 2 rings (SSSR count). The second-order valence-corrected chi connectivity index (χ2v) is 3.51. The fourth-order valence-corrected chi connectivity index (χ4v) is 1.65. The van der Waals surface area contributed by atoms with Gasteiger partial charge in [0.1, 0.15) is 5.75 Å². The molecule has 0 spiro atoms. The third-order valence-electron chi connectivity index (χ3n) is 2.24. The summed E-state index contributed by atoms with van der Waals surface area (Å²) in [6, 6.07) is 5.05. The average Bonchev–Trinajstić information content (AvgIpc) is 2.33. The van der Waals surface area contributed by atoms with E-state index in [4.69, 9.17) is 21.1 Å². The number of hydrogen-bond acceptors (Lipinski definition) is 3. The van der Waals surface area contributed by atoms with Crippen molar-refractivity contribution in [1.82, 2.24) is 4.98 Å². The van der Waals surface area contributed by atoms with Crippen LogP contribution >= 0.6 is 11.6 Å². The van der Waals surface area contributed by atoms with Crippen LogP contribution in [0.2, 0.25) is 5.02 Å². The van der Waals surface area contributed by atoms with E-state index in [0.29, 0.717) is 16.7 Å². The molecule has 3 nitrogen and oxygen atoms in total. The highest BCUT2D eigenvalue weighted by Gasteiger charge is 2.14. The van der Waals surface area contributed by atoms with Crippen molar-refractivity contribution < 1.29 is 13.9 Å². The van der Waals surface area contributed by atoms with Crippen molar-refractivity contribution in [3.63, 3.8) is 0 Å². The predicted molar refractivity (Wildman–Crippen MR) is 59.8 cm³/mol. The zero-order chi connectivity index (χ0) is 11.7. The molecule has 0 atom stereocenters. The van der Waals surface area contributed by atoms with E-state index >= 15 is 0 Å². The molecule has 2 aromatic rings. The zero-order valence-electron chi connectivity index (χ0n) is 8.75. The summed E-state index contributed by atoms with van der Waals surface area (Å²) in [5.41, 5.74) is 0.559. The minimum absolute atomic E-state index is 0.0132. The topological polar surface area (TPSA) is 31.4 Å². The van der Waals surface area contributed by atoms with Crippen molar-refractivity contribution in [2.24, 2.45) is 0 Å². The molecule has 0 unspecified atom stereocenters. The second-order valence-electron chi connectivity index (χ2n) is 3.13. The van der Waals surface area contributed by atoms with E-state index in [1.165, 1.54) is 14.2 Å². The summed E-state index contributed by atoms with van der Waals surface area (Å²) in [5.74, 6) is -0.173. The van der Waals surface area contributed by atoms with E-state index in [2.05, 4.69) is 4.98 Å². The summed E-state index contributed by atoms with van der Waals surface area (Å²) in [4.78, 5) is 3.99. The lowest BCUT2D eigenvalue weighted by molar-refractivity contribution is 0.371. The van der Waals surface area contributed by atoms with Gasteiger partial charge in [0.05, 0.1) is 24.8 Å². The van der Waals surface area contributed by atoms with Gasteiger partial charge in [-0.05, 0) is 18.2 Å². The van der Waals surface area contributed by atoms with E-state index < -0.39 is 5.82 Å². The lowest BCUT2D eigenvalue weighted by Gasteiger charge is -2.07. The maximum Gasteiger partial charge on any atom is 0.252 e. The van der Waals surface area contributed by atoms with Gasteiger partial charge in [0, 0.05) is 5.39 Å². The molecule has 0 saturated carbocycles. The van der Waals surface area contributed by atoms with E-state index in [9.17, 15) is 4.39 Å². The highest BCUT2D eigenvalue weighted by Crippen LogP contribution is 2.32. The van der Waals surface area contributed by atoms with Crippen LogP contribution in [-0.4, -0.2) is 19.2 Å². The van der Waals surface area contributed by atoms with Crippen LogP contribution in [0.25, 0.3) is 10.9 Å². The minimum Gasteiger partial charge on any atom is -0.497 e. The van der Waals surface area contributed by atoms with Gasteiger partial charge in [-0.15, -0.1) is 0 Å². The summed E-state index contributed by atoms with van der Waals surface area (Å²) in [6.07, 6.45) is 0. The Morgan fingerprint density at radius 1 is 1.25 bits per heavy atom. The van der Waals surface area contributed by atoms with Gasteiger partial charge in [-0.3, -0.25) is 0 Å². The molecule has 0 amide bonds. The van der Waals surface area contributed by atoms with E-state index in [1.807, 2.05) is 0 Å². The molecule has 0 fully saturated rings. The van der Waals surface area contributed by atoms with Gasteiger partial charge in [-0.25, -0.2) is 4.98 Å². The standard InChI is InChI=1S/C11H9ClFNO2/c1-15-6-3-4-8-7(5-6)9(12)10(13)11(14-8)16-2/h3-5H,1-2H3. The van der Waals surface area contributed by atoms with Gasteiger partial charge in [-0.1, -0.05) is 11.6 Å². The van der Waals surface area contributed by atoms with Gasteiger partial charge in [0.15, 0.2) is 0 Å². The molecular formula is C11H9ClFNO2.